The Labute approximate surface area is 224 Å². The van der Waals surface area contributed by atoms with E-state index < -0.39 is 5.82 Å². The summed E-state index contributed by atoms with van der Waals surface area (Å²) in [5.41, 5.74) is 8.78. The second-order valence-electron chi connectivity index (χ2n) is 10.8. The number of aliphatic hydroxyl groups excluding tert-OH is 1. The predicted octanol–water partition coefficient (Wildman–Crippen LogP) is 9.10. The molecule has 0 bridgehead atoms. The van der Waals surface area contributed by atoms with Gasteiger partial charge in [0, 0.05) is 28.6 Å². The summed E-state index contributed by atoms with van der Waals surface area (Å²) in [7, 11) is 0. The first-order chi connectivity index (χ1) is 17.4. The summed E-state index contributed by atoms with van der Waals surface area (Å²) >= 11 is 0. The van der Waals surface area contributed by atoms with Crippen LogP contribution in [0, 0.1) is 23.6 Å². The van der Waals surface area contributed by atoms with Crippen LogP contribution in [-0.2, 0) is 13.0 Å². The topological polar surface area (TPSA) is 56.4 Å². The summed E-state index contributed by atoms with van der Waals surface area (Å²) in [4.78, 5) is 4.59. The summed E-state index contributed by atoms with van der Waals surface area (Å²) in [5.74, 6) is -0.418. The molecule has 0 unspecified atom stereocenters. The van der Waals surface area contributed by atoms with Gasteiger partial charge in [0.25, 0.3) is 0 Å². The van der Waals surface area contributed by atoms with E-state index in [1.807, 2.05) is 54.5 Å². The standard InChI is InChI=1S/C33H47FN2O/c1-11-21(6)24(9)29(23(8)20(4)5)32(35)30-26(12-2)28(19-37)27(25(10)31(30)34)18-36-22(7)14-15-33(13-3)16-17-33/h11,18,35,37H,7,12-17,19H2,1-6,8-10H3/b21-11-,29-24-,35-32?,36-18?. The van der Waals surface area contributed by atoms with Crippen molar-refractivity contribution >= 4 is 11.9 Å². The minimum absolute atomic E-state index is 0.159. The van der Waals surface area contributed by atoms with Crippen LogP contribution in [0.1, 0.15) is 115 Å². The molecule has 1 saturated carbocycles. The quantitative estimate of drug-likeness (QED) is 0.215. The Bertz CT molecular complexity index is 1190. The van der Waals surface area contributed by atoms with Crippen LogP contribution in [0.3, 0.4) is 0 Å². The molecule has 0 atom stereocenters. The Hall–Kier alpha value is -2.59. The minimum atomic E-state index is -0.418. The van der Waals surface area contributed by atoms with Gasteiger partial charge in [-0.3, -0.25) is 10.4 Å². The van der Waals surface area contributed by atoms with E-state index in [0.29, 0.717) is 34.1 Å². The molecule has 0 aliphatic heterocycles. The van der Waals surface area contributed by atoms with Gasteiger partial charge in [0.1, 0.15) is 5.82 Å². The van der Waals surface area contributed by atoms with Gasteiger partial charge in [-0.25, -0.2) is 4.39 Å². The van der Waals surface area contributed by atoms with Gasteiger partial charge < -0.3 is 5.11 Å². The van der Waals surface area contributed by atoms with Crippen molar-refractivity contribution in [3.63, 3.8) is 0 Å². The minimum Gasteiger partial charge on any atom is -0.392 e. The van der Waals surface area contributed by atoms with Crippen molar-refractivity contribution in [3.05, 3.63) is 79.9 Å². The van der Waals surface area contributed by atoms with Crippen molar-refractivity contribution in [2.75, 3.05) is 0 Å². The molecule has 0 aromatic heterocycles. The number of aliphatic imine (C=N–C) groups is 1. The van der Waals surface area contributed by atoms with E-state index in [-0.39, 0.29) is 17.9 Å². The molecule has 4 heteroatoms. The average Bonchev–Trinajstić information content (AvgIpc) is 3.67. The summed E-state index contributed by atoms with van der Waals surface area (Å²) in [6.45, 7) is 21.8. The van der Waals surface area contributed by atoms with Crippen molar-refractivity contribution < 1.29 is 9.50 Å². The third kappa shape index (κ3) is 6.65. The normalized spacial score (nSPS) is 15.6. The van der Waals surface area contributed by atoms with Crippen molar-refractivity contribution in [3.8, 4) is 0 Å². The highest BCUT2D eigenvalue weighted by molar-refractivity contribution is 6.15. The zero-order valence-corrected chi connectivity index (χ0v) is 24.6. The lowest BCUT2D eigenvalue weighted by molar-refractivity contribution is 0.280. The smallest absolute Gasteiger partial charge is 0.136 e. The van der Waals surface area contributed by atoms with E-state index >= 15 is 4.39 Å². The van der Waals surface area contributed by atoms with Crippen LogP contribution in [0.2, 0.25) is 0 Å². The fourth-order valence-electron chi connectivity index (χ4n) is 5.02. The SMILES string of the molecule is C=C(CCC1(CC)CC1)N=Cc1c(C)c(F)c(C(=N)/C(C(C)=C(C)C)=C(C)\C(C)=C/C)c(CC)c1CO. The highest BCUT2D eigenvalue weighted by Crippen LogP contribution is 2.52. The van der Waals surface area contributed by atoms with Crippen LogP contribution in [-0.4, -0.2) is 17.0 Å². The number of nitrogens with zero attached hydrogens (tertiary/aromatic N) is 1. The van der Waals surface area contributed by atoms with E-state index in [4.69, 9.17) is 0 Å². The van der Waals surface area contributed by atoms with Gasteiger partial charge in [0.05, 0.1) is 12.3 Å². The van der Waals surface area contributed by atoms with E-state index in [1.165, 1.54) is 19.3 Å². The molecule has 3 nitrogen and oxygen atoms in total. The predicted molar refractivity (Wildman–Crippen MR) is 157 cm³/mol. The third-order valence-corrected chi connectivity index (χ3v) is 8.51. The van der Waals surface area contributed by atoms with Gasteiger partial charge in [-0.1, -0.05) is 44.1 Å². The summed E-state index contributed by atoms with van der Waals surface area (Å²) in [6.07, 6.45) is 9.83. The molecule has 1 aromatic rings. The van der Waals surface area contributed by atoms with Crippen LogP contribution >= 0.6 is 0 Å². The van der Waals surface area contributed by atoms with Gasteiger partial charge >= 0.3 is 0 Å². The molecule has 0 spiro atoms. The second-order valence-corrected chi connectivity index (χ2v) is 10.8. The Kier molecular flexibility index (Phi) is 10.6. The molecule has 0 radical (unpaired) electrons. The largest absolute Gasteiger partial charge is 0.392 e. The highest BCUT2D eigenvalue weighted by atomic mass is 19.1. The maximum atomic E-state index is 16.2. The summed E-state index contributed by atoms with van der Waals surface area (Å²) in [5, 5.41) is 19.7. The lowest BCUT2D eigenvalue weighted by Crippen LogP contribution is -2.18. The van der Waals surface area contributed by atoms with Gasteiger partial charge in [-0.05, 0) is 114 Å². The van der Waals surface area contributed by atoms with E-state index in [2.05, 4.69) is 18.5 Å². The lowest BCUT2D eigenvalue weighted by atomic mass is 9.82. The van der Waals surface area contributed by atoms with Crippen molar-refractivity contribution in [2.24, 2.45) is 10.4 Å². The number of nitrogens with one attached hydrogen (secondary N) is 1. The molecule has 2 N–H and O–H groups in total. The molecule has 0 heterocycles. The number of hydrogen-bond acceptors (Lipinski definition) is 3. The monoisotopic (exact) mass is 506 g/mol. The number of aliphatic hydroxyl groups is 1. The third-order valence-electron chi connectivity index (χ3n) is 8.51. The highest BCUT2D eigenvalue weighted by Gasteiger charge is 2.39. The van der Waals surface area contributed by atoms with E-state index in [0.717, 1.165) is 46.4 Å². The van der Waals surface area contributed by atoms with E-state index in [9.17, 15) is 10.5 Å². The van der Waals surface area contributed by atoms with Crippen LogP contribution in [0.25, 0.3) is 0 Å². The van der Waals surface area contributed by atoms with Crippen LogP contribution in [0.15, 0.2) is 51.2 Å². The first kappa shape index (κ1) is 30.6. The molecule has 1 aromatic carbocycles. The number of rotatable bonds is 12. The maximum absolute atomic E-state index is 16.2. The molecular weight excluding hydrogens is 459 g/mol. The molecule has 2 rings (SSSR count). The van der Waals surface area contributed by atoms with Crippen LogP contribution in [0.5, 0.6) is 0 Å². The molecule has 1 aliphatic rings. The Balaban J connectivity index is 2.65. The Morgan fingerprint density at radius 3 is 2.19 bits per heavy atom. The Morgan fingerprint density at radius 2 is 1.73 bits per heavy atom. The van der Waals surface area contributed by atoms with E-state index in [1.54, 1.807) is 13.1 Å². The van der Waals surface area contributed by atoms with Crippen molar-refractivity contribution in [1.29, 1.82) is 5.41 Å². The van der Waals surface area contributed by atoms with Crippen molar-refractivity contribution in [1.82, 2.24) is 0 Å². The molecule has 0 amide bonds. The fraction of sp³-hybridized carbons (Fsp3) is 0.515. The molecule has 37 heavy (non-hydrogen) atoms. The molecule has 0 saturated heterocycles. The van der Waals surface area contributed by atoms with Gasteiger partial charge in [-0.15, -0.1) is 0 Å². The molecule has 1 fully saturated rings. The Morgan fingerprint density at radius 1 is 1.11 bits per heavy atom. The summed E-state index contributed by atoms with van der Waals surface area (Å²) in [6, 6.07) is 0. The molecule has 1 aliphatic carbocycles. The number of benzene rings is 1. The average molecular weight is 507 g/mol. The van der Waals surface area contributed by atoms with Crippen LogP contribution in [0.4, 0.5) is 4.39 Å². The number of halogens is 1. The zero-order valence-electron chi connectivity index (χ0n) is 24.6. The van der Waals surface area contributed by atoms with Gasteiger partial charge in [-0.2, -0.15) is 0 Å². The first-order valence-electron chi connectivity index (χ1n) is 13.6. The summed E-state index contributed by atoms with van der Waals surface area (Å²) < 4.78 is 16.2. The lowest BCUT2D eigenvalue weighted by Gasteiger charge is -2.23. The van der Waals surface area contributed by atoms with Crippen molar-refractivity contribution in [2.45, 2.75) is 107 Å². The zero-order chi connectivity index (χ0) is 28.1. The van der Waals surface area contributed by atoms with Crippen LogP contribution < -0.4 is 0 Å². The first-order valence-corrected chi connectivity index (χ1v) is 13.6. The second kappa shape index (κ2) is 12.8. The molecular formula is C33H47FN2O. The number of allylic oxidation sites excluding steroid dienone is 7. The maximum Gasteiger partial charge on any atom is 0.136 e. The van der Waals surface area contributed by atoms with Gasteiger partial charge in [0.15, 0.2) is 0 Å². The number of hydrogen-bond donors (Lipinski definition) is 2. The fourth-order valence-corrected chi connectivity index (χ4v) is 5.02. The molecule has 202 valence electrons. The van der Waals surface area contributed by atoms with Gasteiger partial charge in [0.2, 0.25) is 0 Å².